The lowest BCUT2D eigenvalue weighted by molar-refractivity contribution is -0.122. The van der Waals surface area contributed by atoms with E-state index in [-0.39, 0.29) is 18.2 Å². The van der Waals surface area contributed by atoms with Crippen LogP contribution in [0.3, 0.4) is 0 Å². The maximum Gasteiger partial charge on any atom is 0.234 e. The zero-order valence-electron chi connectivity index (χ0n) is 12.6. The van der Waals surface area contributed by atoms with Gasteiger partial charge in [0, 0.05) is 6.54 Å². The molecule has 0 saturated heterocycles. The van der Waals surface area contributed by atoms with Gasteiger partial charge in [-0.25, -0.2) is 4.39 Å². The highest BCUT2D eigenvalue weighted by Crippen LogP contribution is 2.18. The van der Waals surface area contributed by atoms with Crippen LogP contribution in [0.4, 0.5) is 4.39 Å². The summed E-state index contributed by atoms with van der Waals surface area (Å²) in [5.41, 5.74) is 0.777. The smallest absolute Gasteiger partial charge is 0.234 e. The molecule has 6 heteroatoms. The lowest BCUT2D eigenvalue weighted by Crippen LogP contribution is -2.34. The Hall–Kier alpha value is -2.34. The average Bonchev–Trinajstić information content (AvgIpc) is 2.98. The Kier molecular flexibility index (Phi) is 5.55. The van der Waals surface area contributed by atoms with Crippen molar-refractivity contribution >= 4 is 5.91 Å². The highest BCUT2D eigenvalue weighted by Gasteiger charge is 2.09. The van der Waals surface area contributed by atoms with Crippen LogP contribution >= 0.6 is 0 Å². The quantitative estimate of drug-likeness (QED) is 0.852. The van der Waals surface area contributed by atoms with Crippen molar-refractivity contribution in [1.29, 1.82) is 0 Å². The molecule has 1 heterocycles. The Bertz CT molecular complexity index is 614. The summed E-state index contributed by atoms with van der Waals surface area (Å²) in [5, 5.41) is 2.76. The fourth-order valence-electron chi connectivity index (χ4n) is 2.08. The second kappa shape index (κ2) is 7.61. The van der Waals surface area contributed by atoms with Gasteiger partial charge in [0.25, 0.3) is 0 Å². The van der Waals surface area contributed by atoms with E-state index in [4.69, 9.17) is 9.15 Å². The number of furan rings is 1. The van der Waals surface area contributed by atoms with Crippen molar-refractivity contribution in [3.05, 3.63) is 53.7 Å². The molecule has 1 amide bonds. The largest absolute Gasteiger partial charge is 0.494 e. The number of benzene rings is 1. The summed E-state index contributed by atoms with van der Waals surface area (Å²) < 4.78 is 23.6. The third-order valence-corrected chi connectivity index (χ3v) is 3.12. The molecule has 0 bridgehead atoms. The molecule has 118 valence electrons. The number of nitrogens with one attached hydrogen (secondary N) is 1. The van der Waals surface area contributed by atoms with E-state index in [1.54, 1.807) is 42.5 Å². The second-order valence-corrected chi connectivity index (χ2v) is 5.00. The third kappa shape index (κ3) is 4.60. The molecule has 2 rings (SSSR count). The molecule has 0 spiro atoms. The van der Waals surface area contributed by atoms with E-state index in [0.29, 0.717) is 18.8 Å². The number of methoxy groups -OCH3 is 1. The summed E-state index contributed by atoms with van der Waals surface area (Å²) in [6.45, 7) is 1.04. The standard InChI is InChI=1S/C16H19FN2O3/c1-19(10-12-5-6-15(21-2)14(17)8-12)11-16(20)18-9-13-4-3-7-22-13/h3-8H,9-11H2,1-2H3,(H,18,20). The first-order chi connectivity index (χ1) is 10.6. The number of hydrogen-bond acceptors (Lipinski definition) is 4. The predicted octanol–water partition coefficient (Wildman–Crippen LogP) is 2.18. The molecule has 1 N–H and O–H groups in total. The van der Waals surface area contributed by atoms with Crippen LogP contribution < -0.4 is 10.1 Å². The van der Waals surface area contributed by atoms with E-state index in [1.165, 1.54) is 13.2 Å². The van der Waals surface area contributed by atoms with Gasteiger partial charge in [-0.15, -0.1) is 0 Å². The Morgan fingerprint density at radius 2 is 2.23 bits per heavy atom. The fraction of sp³-hybridized carbons (Fsp3) is 0.312. The van der Waals surface area contributed by atoms with Crippen LogP contribution in [0.15, 0.2) is 41.0 Å². The molecule has 0 atom stereocenters. The maximum absolute atomic E-state index is 13.6. The van der Waals surface area contributed by atoms with Crippen LogP contribution in [0.25, 0.3) is 0 Å². The molecule has 22 heavy (non-hydrogen) atoms. The molecule has 5 nitrogen and oxygen atoms in total. The van der Waals surface area contributed by atoms with Crippen LogP contribution in [-0.2, 0) is 17.9 Å². The van der Waals surface area contributed by atoms with E-state index in [9.17, 15) is 9.18 Å². The molecule has 2 aromatic rings. The minimum absolute atomic E-state index is 0.118. The van der Waals surface area contributed by atoms with Crippen molar-refractivity contribution < 1.29 is 18.3 Å². The number of hydrogen-bond donors (Lipinski definition) is 1. The van der Waals surface area contributed by atoms with E-state index in [2.05, 4.69) is 5.32 Å². The number of halogens is 1. The summed E-state index contributed by atoms with van der Waals surface area (Å²) >= 11 is 0. The van der Waals surface area contributed by atoms with Crippen LogP contribution in [0, 0.1) is 5.82 Å². The lowest BCUT2D eigenvalue weighted by Gasteiger charge is -2.16. The first-order valence-electron chi connectivity index (χ1n) is 6.88. The average molecular weight is 306 g/mol. The highest BCUT2D eigenvalue weighted by molar-refractivity contribution is 5.77. The van der Waals surface area contributed by atoms with Gasteiger partial charge in [-0.2, -0.15) is 0 Å². The predicted molar refractivity (Wildman–Crippen MR) is 79.8 cm³/mol. The molecular weight excluding hydrogens is 287 g/mol. The third-order valence-electron chi connectivity index (χ3n) is 3.12. The summed E-state index contributed by atoms with van der Waals surface area (Å²) in [6, 6.07) is 8.33. The van der Waals surface area contributed by atoms with Gasteiger partial charge in [0.05, 0.1) is 26.5 Å². The van der Waals surface area contributed by atoms with E-state index in [0.717, 1.165) is 5.56 Å². The number of nitrogens with zero attached hydrogens (tertiary/aromatic N) is 1. The summed E-state index contributed by atoms with van der Waals surface area (Å²) in [5.74, 6) is 0.388. The Balaban J connectivity index is 1.80. The van der Waals surface area contributed by atoms with Gasteiger partial charge in [-0.1, -0.05) is 6.07 Å². The van der Waals surface area contributed by atoms with Crippen molar-refractivity contribution in [2.24, 2.45) is 0 Å². The van der Waals surface area contributed by atoms with Gasteiger partial charge in [0.1, 0.15) is 5.76 Å². The number of likely N-dealkylation sites (N-methyl/N-ethyl adjacent to an activating group) is 1. The molecule has 0 aliphatic rings. The fourth-order valence-corrected chi connectivity index (χ4v) is 2.08. The van der Waals surface area contributed by atoms with E-state index < -0.39 is 5.82 Å². The summed E-state index contributed by atoms with van der Waals surface area (Å²) in [7, 11) is 3.22. The van der Waals surface area contributed by atoms with E-state index >= 15 is 0 Å². The van der Waals surface area contributed by atoms with Crippen LogP contribution in [0.1, 0.15) is 11.3 Å². The molecule has 0 fully saturated rings. The monoisotopic (exact) mass is 306 g/mol. The van der Waals surface area contributed by atoms with Crippen molar-refractivity contribution in [1.82, 2.24) is 10.2 Å². The number of carbonyl (C=O) groups is 1. The molecule has 0 aliphatic heterocycles. The highest BCUT2D eigenvalue weighted by atomic mass is 19.1. The molecule has 0 radical (unpaired) electrons. The van der Waals surface area contributed by atoms with Gasteiger partial charge >= 0.3 is 0 Å². The first kappa shape index (κ1) is 16.0. The number of carbonyl (C=O) groups excluding carboxylic acids is 1. The van der Waals surface area contributed by atoms with Gasteiger partial charge in [-0.05, 0) is 36.9 Å². The Morgan fingerprint density at radius 3 is 2.86 bits per heavy atom. The zero-order valence-corrected chi connectivity index (χ0v) is 12.6. The van der Waals surface area contributed by atoms with Crippen molar-refractivity contribution in [3.8, 4) is 5.75 Å². The van der Waals surface area contributed by atoms with Crippen molar-refractivity contribution in [2.45, 2.75) is 13.1 Å². The Labute approximate surface area is 128 Å². The first-order valence-corrected chi connectivity index (χ1v) is 6.88. The lowest BCUT2D eigenvalue weighted by atomic mass is 10.2. The molecular formula is C16H19FN2O3. The summed E-state index contributed by atoms with van der Waals surface area (Å²) in [6.07, 6.45) is 1.56. The molecule has 1 aromatic heterocycles. The van der Waals surface area contributed by atoms with Crippen molar-refractivity contribution in [3.63, 3.8) is 0 Å². The topological polar surface area (TPSA) is 54.7 Å². The van der Waals surface area contributed by atoms with Crippen LogP contribution in [0.5, 0.6) is 5.75 Å². The number of amides is 1. The Morgan fingerprint density at radius 1 is 1.41 bits per heavy atom. The van der Waals surface area contributed by atoms with Crippen molar-refractivity contribution in [2.75, 3.05) is 20.7 Å². The molecule has 0 aliphatic carbocycles. The second-order valence-electron chi connectivity index (χ2n) is 5.00. The number of rotatable bonds is 7. The number of ether oxygens (including phenoxy) is 1. The minimum atomic E-state index is -0.407. The maximum atomic E-state index is 13.6. The minimum Gasteiger partial charge on any atom is -0.494 e. The molecule has 1 aromatic carbocycles. The normalized spacial score (nSPS) is 10.7. The SMILES string of the molecule is COc1ccc(CN(C)CC(=O)NCc2ccco2)cc1F. The van der Waals surface area contributed by atoms with Gasteiger partial charge < -0.3 is 14.5 Å². The summed E-state index contributed by atoms with van der Waals surface area (Å²) in [4.78, 5) is 13.6. The molecule has 0 saturated carbocycles. The molecule has 0 unspecified atom stereocenters. The van der Waals surface area contributed by atoms with Gasteiger partial charge in [-0.3, -0.25) is 9.69 Å². The van der Waals surface area contributed by atoms with Crippen LogP contribution in [-0.4, -0.2) is 31.5 Å². The van der Waals surface area contributed by atoms with Crippen LogP contribution in [0.2, 0.25) is 0 Å². The van der Waals surface area contributed by atoms with Gasteiger partial charge in [0.15, 0.2) is 11.6 Å². The van der Waals surface area contributed by atoms with E-state index in [1.807, 2.05) is 0 Å². The zero-order chi connectivity index (χ0) is 15.9. The van der Waals surface area contributed by atoms with Gasteiger partial charge in [0.2, 0.25) is 5.91 Å².